The van der Waals surface area contributed by atoms with Gasteiger partial charge in [-0.05, 0) is 29.8 Å². The third-order valence-electron chi connectivity index (χ3n) is 2.64. The van der Waals surface area contributed by atoms with Crippen LogP contribution in [0.25, 0.3) is 0 Å². The molecule has 6 heteroatoms. The van der Waals surface area contributed by atoms with E-state index in [9.17, 15) is 9.59 Å². The first-order valence-electron chi connectivity index (χ1n) is 5.81. The minimum atomic E-state index is -1.54. The number of aliphatic carboxylic acids is 1. The van der Waals surface area contributed by atoms with Crippen LogP contribution in [0.15, 0.2) is 48.5 Å². The first kappa shape index (κ1) is 13.5. The smallest absolute Gasteiger partial charge is 0.371 e. The van der Waals surface area contributed by atoms with E-state index in [2.05, 4.69) is 9.97 Å². The Balaban J connectivity index is 2.11. The Morgan fingerprint density at radius 2 is 1.85 bits per heavy atom. The van der Waals surface area contributed by atoms with E-state index in [1.165, 1.54) is 0 Å². The van der Waals surface area contributed by atoms with Crippen LogP contribution in [0.5, 0.6) is 0 Å². The summed E-state index contributed by atoms with van der Waals surface area (Å²) in [6.07, 6.45) is 4.63. The molecule has 102 valence electrons. The van der Waals surface area contributed by atoms with Crippen molar-refractivity contribution in [1.82, 2.24) is 9.97 Å². The number of H-pyrrole nitrogens is 1. The van der Waals surface area contributed by atoms with Gasteiger partial charge in [-0.2, -0.15) is 0 Å². The second kappa shape index (κ2) is 5.83. The van der Waals surface area contributed by atoms with E-state index in [4.69, 9.17) is 10.2 Å². The summed E-state index contributed by atoms with van der Waals surface area (Å²) in [5, 5.41) is 17.5. The molecular formula is C14H12N2O4. The van der Waals surface area contributed by atoms with Gasteiger partial charge in [-0.25, -0.2) is 4.79 Å². The number of rotatable bonds is 5. The lowest BCUT2D eigenvalue weighted by molar-refractivity contribution is -0.135. The minimum Gasteiger partial charge on any atom is -0.502 e. The second-order valence-corrected chi connectivity index (χ2v) is 4.13. The van der Waals surface area contributed by atoms with E-state index in [0.29, 0.717) is 12.5 Å². The van der Waals surface area contributed by atoms with Gasteiger partial charge in [0.15, 0.2) is 0 Å². The summed E-state index contributed by atoms with van der Waals surface area (Å²) in [7, 11) is 0. The van der Waals surface area contributed by atoms with Crippen molar-refractivity contribution in [3.05, 3.63) is 65.4 Å². The van der Waals surface area contributed by atoms with Crippen molar-refractivity contribution in [3.8, 4) is 0 Å². The molecule has 0 aliphatic carbocycles. The maximum absolute atomic E-state index is 11.7. The van der Waals surface area contributed by atoms with Crippen LogP contribution in [0.1, 0.15) is 21.7 Å². The van der Waals surface area contributed by atoms with Crippen molar-refractivity contribution >= 4 is 11.8 Å². The number of aromatic nitrogens is 2. The number of pyridine rings is 1. The Labute approximate surface area is 114 Å². The number of nitrogens with zero attached hydrogens (tertiary/aromatic N) is 1. The van der Waals surface area contributed by atoms with E-state index in [-0.39, 0.29) is 5.69 Å². The highest BCUT2D eigenvalue weighted by Gasteiger charge is 2.11. The summed E-state index contributed by atoms with van der Waals surface area (Å²) in [6, 6.07) is 7.00. The van der Waals surface area contributed by atoms with Crippen LogP contribution in [-0.4, -0.2) is 31.9 Å². The SMILES string of the molecule is O=C(O)/C(O)=C/C(=O)c1ccc(Cc2ccncc2)[nH]1. The number of nitrogens with one attached hydrogen (secondary N) is 1. The van der Waals surface area contributed by atoms with Crippen molar-refractivity contribution in [2.75, 3.05) is 0 Å². The Bertz CT molecular complexity index is 659. The topological polar surface area (TPSA) is 103 Å². The second-order valence-electron chi connectivity index (χ2n) is 4.13. The van der Waals surface area contributed by atoms with Crippen molar-refractivity contribution in [1.29, 1.82) is 0 Å². The number of hydrogen-bond acceptors (Lipinski definition) is 4. The average Bonchev–Trinajstić information content (AvgIpc) is 2.88. The van der Waals surface area contributed by atoms with Crippen LogP contribution in [-0.2, 0) is 11.2 Å². The molecule has 0 radical (unpaired) electrons. The molecule has 0 aromatic carbocycles. The van der Waals surface area contributed by atoms with Gasteiger partial charge in [0, 0.05) is 30.6 Å². The van der Waals surface area contributed by atoms with Crippen LogP contribution >= 0.6 is 0 Å². The highest BCUT2D eigenvalue weighted by Crippen LogP contribution is 2.10. The quantitative estimate of drug-likeness (QED) is 0.436. The molecule has 2 rings (SSSR count). The highest BCUT2D eigenvalue weighted by molar-refractivity contribution is 6.06. The van der Waals surface area contributed by atoms with Gasteiger partial charge in [0.2, 0.25) is 11.5 Å². The average molecular weight is 272 g/mol. The van der Waals surface area contributed by atoms with Gasteiger partial charge < -0.3 is 15.2 Å². The molecule has 0 unspecified atom stereocenters. The standard InChI is InChI=1S/C14H12N2O4/c17-12(8-13(18)14(19)20)11-2-1-10(16-11)7-9-3-5-15-6-4-9/h1-6,8,16,18H,7H2,(H,19,20)/b13-8-. The number of aliphatic hydroxyl groups excluding tert-OH is 1. The van der Waals surface area contributed by atoms with Gasteiger partial charge in [-0.1, -0.05) is 0 Å². The Morgan fingerprint density at radius 1 is 1.15 bits per heavy atom. The third-order valence-corrected chi connectivity index (χ3v) is 2.64. The van der Waals surface area contributed by atoms with Gasteiger partial charge in [-0.3, -0.25) is 9.78 Å². The maximum Gasteiger partial charge on any atom is 0.371 e. The molecule has 6 nitrogen and oxygen atoms in total. The molecule has 0 atom stereocenters. The van der Waals surface area contributed by atoms with Gasteiger partial charge >= 0.3 is 5.97 Å². The Hall–Kier alpha value is -2.89. The monoisotopic (exact) mass is 272 g/mol. The fraction of sp³-hybridized carbons (Fsp3) is 0.0714. The lowest BCUT2D eigenvalue weighted by Gasteiger charge is -1.98. The number of hydrogen-bond donors (Lipinski definition) is 3. The number of carbonyl (C=O) groups is 2. The summed E-state index contributed by atoms with van der Waals surface area (Å²) >= 11 is 0. The molecule has 0 fully saturated rings. The van der Waals surface area contributed by atoms with Crippen LogP contribution in [0.3, 0.4) is 0 Å². The number of carbonyl (C=O) groups excluding carboxylic acids is 1. The molecule has 3 N–H and O–H groups in total. The van der Waals surface area contributed by atoms with Crippen molar-refractivity contribution in [2.45, 2.75) is 6.42 Å². The van der Waals surface area contributed by atoms with Gasteiger partial charge in [0.1, 0.15) is 0 Å². The number of aliphatic hydroxyl groups is 1. The van der Waals surface area contributed by atoms with Gasteiger partial charge in [-0.15, -0.1) is 0 Å². The van der Waals surface area contributed by atoms with Crippen molar-refractivity contribution < 1.29 is 19.8 Å². The largest absolute Gasteiger partial charge is 0.502 e. The molecule has 0 bridgehead atoms. The molecule has 0 spiro atoms. The molecule has 0 aliphatic rings. The van der Waals surface area contributed by atoms with Crippen LogP contribution in [0.4, 0.5) is 0 Å². The summed E-state index contributed by atoms with van der Waals surface area (Å²) in [4.78, 5) is 28.9. The van der Waals surface area contributed by atoms with Crippen LogP contribution in [0.2, 0.25) is 0 Å². The molecule has 0 amide bonds. The minimum absolute atomic E-state index is 0.224. The first-order valence-corrected chi connectivity index (χ1v) is 5.81. The predicted molar refractivity (Wildman–Crippen MR) is 70.5 cm³/mol. The summed E-state index contributed by atoms with van der Waals surface area (Å²) in [5.41, 5.74) is 2.06. The molecule has 2 aromatic heterocycles. The summed E-state index contributed by atoms with van der Waals surface area (Å²) < 4.78 is 0. The lowest BCUT2D eigenvalue weighted by Crippen LogP contribution is -2.04. The number of carboxylic acid groups (broad SMARTS) is 1. The van der Waals surface area contributed by atoms with Crippen molar-refractivity contribution in [3.63, 3.8) is 0 Å². The maximum atomic E-state index is 11.7. The lowest BCUT2D eigenvalue weighted by atomic mass is 10.1. The zero-order valence-electron chi connectivity index (χ0n) is 10.4. The summed E-state index contributed by atoms with van der Waals surface area (Å²) in [5.74, 6) is -3.12. The molecule has 20 heavy (non-hydrogen) atoms. The fourth-order valence-corrected chi connectivity index (χ4v) is 1.67. The van der Waals surface area contributed by atoms with Crippen molar-refractivity contribution in [2.24, 2.45) is 0 Å². The van der Waals surface area contributed by atoms with E-state index >= 15 is 0 Å². The first-order chi connectivity index (χ1) is 9.56. The van der Waals surface area contributed by atoms with Crippen LogP contribution in [0, 0.1) is 0 Å². The molecule has 2 heterocycles. The van der Waals surface area contributed by atoms with E-state index < -0.39 is 17.5 Å². The highest BCUT2D eigenvalue weighted by atomic mass is 16.4. The zero-order chi connectivity index (χ0) is 14.5. The zero-order valence-corrected chi connectivity index (χ0v) is 10.4. The Kier molecular flexibility index (Phi) is 3.95. The molecule has 0 saturated heterocycles. The number of carboxylic acids is 1. The molecular weight excluding hydrogens is 260 g/mol. The van der Waals surface area contributed by atoms with Crippen LogP contribution < -0.4 is 0 Å². The van der Waals surface area contributed by atoms with Gasteiger partial charge in [0.25, 0.3) is 0 Å². The summed E-state index contributed by atoms with van der Waals surface area (Å²) in [6.45, 7) is 0. The number of ketones is 1. The Morgan fingerprint density at radius 3 is 2.50 bits per heavy atom. The van der Waals surface area contributed by atoms with E-state index in [1.54, 1.807) is 24.5 Å². The van der Waals surface area contributed by atoms with E-state index in [1.807, 2.05) is 12.1 Å². The fourth-order valence-electron chi connectivity index (χ4n) is 1.67. The number of aromatic amines is 1. The normalized spacial score (nSPS) is 11.3. The third kappa shape index (κ3) is 3.32. The number of allylic oxidation sites excluding steroid dienone is 1. The van der Waals surface area contributed by atoms with E-state index in [0.717, 1.165) is 11.3 Å². The molecule has 0 saturated carbocycles. The molecule has 0 aliphatic heterocycles. The molecule has 2 aromatic rings. The predicted octanol–water partition coefficient (Wildman–Crippen LogP) is 1.71. The van der Waals surface area contributed by atoms with Gasteiger partial charge in [0.05, 0.1) is 5.69 Å².